The molecule has 3 unspecified atom stereocenters. The molecule has 0 radical (unpaired) electrons. The summed E-state index contributed by atoms with van der Waals surface area (Å²) in [5, 5.41) is 22.8. The number of nitrogens with one attached hydrogen (secondary N) is 1. The molecule has 3 atom stereocenters. The first kappa shape index (κ1) is 17.0. The Kier molecular flexibility index (Phi) is 6.99. The molecule has 0 bridgehead atoms. The quantitative estimate of drug-likeness (QED) is 0.690. The largest absolute Gasteiger partial charge is 0.480 e. The van der Waals surface area contributed by atoms with Crippen LogP contribution in [0.25, 0.3) is 0 Å². The van der Waals surface area contributed by atoms with E-state index in [0.29, 0.717) is 18.0 Å². The highest BCUT2D eigenvalue weighted by atomic mass is 35.5. The molecule has 1 rings (SSSR count). The van der Waals surface area contributed by atoms with Gasteiger partial charge in [0.05, 0.1) is 6.10 Å². The zero-order valence-corrected chi connectivity index (χ0v) is 12.6. The van der Waals surface area contributed by atoms with Gasteiger partial charge < -0.3 is 15.5 Å². The van der Waals surface area contributed by atoms with E-state index in [4.69, 9.17) is 16.7 Å². The van der Waals surface area contributed by atoms with Crippen molar-refractivity contribution in [3.63, 3.8) is 0 Å². The minimum Gasteiger partial charge on any atom is -0.480 e. The van der Waals surface area contributed by atoms with E-state index in [2.05, 4.69) is 5.32 Å². The van der Waals surface area contributed by atoms with Crippen LogP contribution in [0.4, 0.5) is 0 Å². The Labute approximate surface area is 124 Å². The van der Waals surface area contributed by atoms with Crippen molar-refractivity contribution in [1.82, 2.24) is 5.32 Å². The summed E-state index contributed by atoms with van der Waals surface area (Å²) in [6.45, 7) is 4.32. The van der Waals surface area contributed by atoms with E-state index in [-0.39, 0.29) is 5.92 Å². The van der Waals surface area contributed by atoms with E-state index in [9.17, 15) is 9.90 Å². The first-order valence-corrected chi connectivity index (χ1v) is 7.23. The second-order valence-electron chi connectivity index (χ2n) is 5.01. The van der Waals surface area contributed by atoms with Gasteiger partial charge in [0.2, 0.25) is 0 Å². The highest BCUT2D eigenvalue weighted by molar-refractivity contribution is 6.30. The molecule has 0 fully saturated rings. The predicted octanol–water partition coefficient (Wildman–Crippen LogP) is 2.85. The molecular weight excluding hydrogens is 278 g/mol. The molecule has 0 saturated carbocycles. The second-order valence-corrected chi connectivity index (χ2v) is 5.45. The van der Waals surface area contributed by atoms with Gasteiger partial charge in [-0.3, -0.25) is 4.79 Å². The van der Waals surface area contributed by atoms with Gasteiger partial charge in [-0.25, -0.2) is 0 Å². The van der Waals surface area contributed by atoms with Gasteiger partial charge in [0.25, 0.3) is 0 Å². The molecule has 0 heterocycles. The summed E-state index contributed by atoms with van der Waals surface area (Å²) in [7, 11) is 0. The SMILES string of the molecule is CCC(C)C(NCCC(O)c1ccc(Cl)cc1)C(=O)O. The van der Waals surface area contributed by atoms with Crippen LogP contribution in [-0.4, -0.2) is 28.8 Å². The van der Waals surface area contributed by atoms with Crippen LogP contribution in [0.3, 0.4) is 0 Å². The lowest BCUT2D eigenvalue weighted by Gasteiger charge is -2.21. The molecule has 0 aliphatic rings. The third kappa shape index (κ3) is 5.12. The predicted molar refractivity (Wildman–Crippen MR) is 79.9 cm³/mol. The average molecular weight is 300 g/mol. The number of rotatable bonds is 8. The van der Waals surface area contributed by atoms with Crippen LogP contribution in [0.15, 0.2) is 24.3 Å². The van der Waals surface area contributed by atoms with Crippen molar-refractivity contribution in [2.75, 3.05) is 6.54 Å². The van der Waals surface area contributed by atoms with Gasteiger partial charge >= 0.3 is 5.97 Å². The highest BCUT2D eigenvalue weighted by Crippen LogP contribution is 2.19. The molecule has 1 aromatic rings. The molecule has 4 nitrogen and oxygen atoms in total. The van der Waals surface area contributed by atoms with Crippen LogP contribution >= 0.6 is 11.6 Å². The summed E-state index contributed by atoms with van der Waals surface area (Å²) >= 11 is 5.79. The maximum absolute atomic E-state index is 11.1. The van der Waals surface area contributed by atoms with Gasteiger partial charge in [0.15, 0.2) is 0 Å². The van der Waals surface area contributed by atoms with Crippen LogP contribution in [0.1, 0.15) is 38.4 Å². The lowest BCUT2D eigenvalue weighted by molar-refractivity contribution is -0.140. The zero-order chi connectivity index (χ0) is 15.1. The second kappa shape index (κ2) is 8.25. The van der Waals surface area contributed by atoms with Gasteiger partial charge in [-0.15, -0.1) is 0 Å². The van der Waals surface area contributed by atoms with Crippen molar-refractivity contribution in [3.05, 3.63) is 34.9 Å². The molecule has 5 heteroatoms. The summed E-state index contributed by atoms with van der Waals surface area (Å²) in [6, 6.07) is 6.43. The van der Waals surface area contributed by atoms with Crippen molar-refractivity contribution in [1.29, 1.82) is 0 Å². The van der Waals surface area contributed by atoms with Gasteiger partial charge in [0.1, 0.15) is 6.04 Å². The van der Waals surface area contributed by atoms with Crippen LogP contribution in [0.5, 0.6) is 0 Å². The Morgan fingerprint density at radius 2 is 1.95 bits per heavy atom. The van der Waals surface area contributed by atoms with Crippen LogP contribution in [0.2, 0.25) is 5.02 Å². The topological polar surface area (TPSA) is 69.6 Å². The molecule has 0 spiro atoms. The number of carboxylic acid groups (broad SMARTS) is 1. The van der Waals surface area contributed by atoms with Crippen molar-refractivity contribution >= 4 is 17.6 Å². The fraction of sp³-hybridized carbons (Fsp3) is 0.533. The minimum absolute atomic E-state index is 0.0557. The minimum atomic E-state index is -0.847. The highest BCUT2D eigenvalue weighted by Gasteiger charge is 2.22. The Bertz CT molecular complexity index is 422. The first-order chi connectivity index (χ1) is 9.45. The number of aliphatic carboxylic acids is 1. The number of hydrogen-bond donors (Lipinski definition) is 3. The maximum Gasteiger partial charge on any atom is 0.320 e. The number of carboxylic acids is 1. The standard InChI is InChI=1S/C15H22ClNO3/c1-3-10(2)14(15(19)20)17-9-8-13(18)11-4-6-12(16)7-5-11/h4-7,10,13-14,17-18H,3,8-9H2,1-2H3,(H,19,20). The van der Waals surface area contributed by atoms with Crippen molar-refractivity contribution in [3.8, 4) is 0 Å². The fourth-order valence-corrected chi connectivity index (χ4v) is 2.12. The molecule has 1 aromatic carbocycles. The van der Waals surface area contributed by atoms with Crippen LogP contribution in [0, 0.1) is 5.92 Å². The fourth-order valence-electron chi connectivity index (χ4n) is 1.99. The average Bonchev–Trinajstić information content (AvgIpc) is 2.43. The molecule has 0 aromatic heterocycles. The van der Waals surface area contributed by atoms with E-state index in [1.165, 1.54) is 0 Å². The number of carbonyl (C=O) groups is 1. The number of hydrogen-bond acceptors (Lipinski definition) is 3. The monoisotopic (exact) mass is 299 g/mol. The summed E-state index contributed by atoms with van der Waals surface area (Å²) in [5.41, 5.74) is 0.784. The first-order valence-electron chi connectivity index (χ1n) is 6.85. The molecule has 112 valence electrons. The number of benzene rings is 1. The van der Waals surface area contributed by atoms with Crippen molar-refractivity contribution in [2.24, 2.45) is 5.92 Å². The number of aliphatic hydroxyl groups excluding tert-OH is 1. The Balaban J connectivity index is 2.46. The Hall–Kier alpha value is -1.10. The van der Waals surface area contributed by atoms with Crippen LogP contribution < -0.4 is 5.32 Å². The lowest BCUT2D eigenvalue weighted by atomic mass is 9.99. The molecule has 0 aliphatic carbocycles. The van der Waals surface area contributed by atoms with Crippen molar-refractivity contribution < 1.29 is 15.0 Å². The van der Waals surface area contributed by atoms with Crippen molar-refractivity contribution in [2.45, 2.75) is 38.8 Å². The van der Waals surface area contributed by atoms with Gasteiger partial charge in [-0.2, -0.15) is 0 Å². The zero-order valence-electron chi connectivity index (χ0n) is 11.8. The summed E-state index contributed by atoms with van der Waals surface area (Å²) in [5.74, 6) is -0.791. The number of halogens is 1. The normalized spacial score (nSPS) is 15.6. The van der Waals surface area contributed by atoms with Gasteiger partial charge in [0, 0.05) is 5.02 Å². The molecule has 20 heavy (non-hydrogen) atoms. The Morgan fingerprint density at radius 1 is 1.35 bits per heavy atom. The Morgan fingerprint density at radius 3 is 2.45 bits per heavy atom. The molecule has 0 saturated heterocycles. The lowest BCUT2D eigenvalue weighted by Crippen LogP contribution is -2.42. The molecular formula is C15H22ClNO3. The summed E-state index contributed by atoms with van der Waals surface area (Å²) < 4.78 is 0. The molecule has 3 N–H and O–H groups in total. The molecule has 0 aliphatic heterocycles. The molecule has 0 amide bonds. The summed E-state index contributed by atoms with van der Waals surface area (Å²) in [6.07, 6.45) is 0.636. The van der Waals surface area contributed by atoms with E-state index in [0.717, 1.165) is 12.0 Å². The maximum atomic E-state index is 11.1. The summed E-state index contributed by atoms with van der Waals surface area (Å²) in [4.78, 5) is 11.1. The third-order valence-electron chi connectivity index (χ3n) is 3.52. The van der Waals surface area contributed by atoms with E-state index in [1.54, 1.807) is 24.3 Å². The van der Waals surface area contributed by atoms with Gasteiger partial charge in [-0.1, -0.05) is 44.0 Å². The van der Waals surface area contributed by atoms with Gasteiger partial charge in [-0.05, 0) is 36.6 Å². The van der Waals surface area contributed by atoms with E-state index < -0.39 is 18.1 Å². The smallest absolute Gasteiger partial charge is 0.320 e. The van der Waals surface area contributed by atoms with Crippen LogP contribution in [-0.2, 0) is 4.79 Å². The van der Waals surface area contributed by atoms with E-state index in [1.807, 2.05) is 13.8 Å². The number of aliphatic hydroxyl groups is 1. The van der Waals surface area contributed by atoms with E-state index >= 15 is 0 Å². The third-order valence-corrected chi connectivity index (χ3v) is 3.77.